The van der Waals surface area contributed by atoms with Gasteiger partial charge in [0.1, 0.15) is 11.6 Å². The highest BCUT2D eigenvalue weighted by Crippen LogP contribution is 2.43. The fourth-order valence-electron chi connectivity index (χ4n) is 6.40. The number of hydrogen-bond acceptors (Lipinski definition) is 1. The van der Waals surface area contributed by atoms with Gasteiger partial charge in [-0.25, -0.2) is 17.6 Å². The predicted octanol–water partition coefficient (Wildman–Crippen LogP) is 10.1. The van der Waals surface area contributed by atoms with E-state index in [0.29, 0.717) is 18.6 Å². The third kappa shape index (κ3) is 7.23. The van der Waals surface area contributed by atoms with E-state index in [9.17, 15) is 26.3 Å². The quantitative estimate of drug-likeness (QED) is 0.233. The summed E-state index contributed by atoms with van der Waals surface area (Å²) in [5, 5.41) is 0. The largest absolute Gasteiger partial charge is 0.432 e. The molecule has 7 heteroatoms. The Balaban J connectivity index is 1.25. The van der Waals surface area contributed by atoms with Gasteiger partial charge in [-0.05, 0) is 85.6 Å². The smallest absolute Gasteiger partial charge is 0.397 e. The van der Waals surface area contributed by atoms with Crippen LogP contribution in [0.5, 0.6) is 5.75 Å². The molecule has 0 amide bonds. The minimum atomic E-state index is -3.46. The maximum absolute atomic E-state index is 14.6. The Bertz CT molecular complexity index is 1020. The predicted molar refractivity (Wildman–Crippen MR) is 132 cm³/mol. The van der Waals surface area contributed by atoms with Gasteiger partial charge in [0.15, 0.2) is 17.5 Å². The van der Waals surface area contributed by atoms with E-state index >= 15 is 0 Å². The summed E-state index contributed by atoms with van der Waals surface area (Å²) in [5.74, 6) is -3.32. The van der Waals surface area contributed by atoms with Crippen LogP contribution in [0.1, 0.15) is 84.0 Å². The van der Waals surface area contributed by atoms with Crippen molar-refractivity contribution in [3.05, 3.63) is 53.6 Å². The minimum Gasteiger partial charge on any atom is -0.432 e. The molecule has 204 valence electrons. The first-order chi connectivity index (χ1) is 17.6. The van der Waals surface area contributed by atoms with Crippen LogP contribution in [0.25, 0.3) is 11.1 Å². The number of hydrogen-bond donors (Lipinski definition) is 0. The van der Waals surface area contributed by atoms with Crippen LogP contribution in [0.2, 0.25) is 0 Å². The molecule has 0 saturated heterocycles. The zero-order valence-corrected chi connectivity index (χ0v) is 21.4. The van der Waals surface area contributed by atoms with Gasteiger partial charge in [-0.2, -0.15) is 8.78 Å². The normalized spacial score (nSPS) is 24.7. The van der Waals surface area contributed by atoms with Gasteiger partial charge in [-0.3, -0.25) is 0 Å². The van der Waals surface area contributed by atoms with Crippen LogP contribution in [0.3, 0.4) is 0 Å². The first kappa shape index (κ1) is 27.8. The third-order valence-corrected chi connectivity index (χ3v) is 8.49. The molecule has 2 aliphatic carbocycles. The first-order valence-corrected chi connectivity index (χ1v) is 13.7. The minimum absolute atomic E-state index is 0.239. The monoisotopic (exact) mass is 526 g/mol. The Kier molecular flexibility index (Phi) is 9.12. The summed E-state index contributed by atoms with van der Waals surface area (Å²) >= 11 is 0. The number of benzene rings is 2. The average Bonchev–Trinajstić information content (AvgIpc) is 2.87. The Morgan fingerprint density at radius 2 is 1.27 bits per heavy atom. The van der Waals surface area contributed by atoms with Gasteiger partial charge in [-0.1, -0.05) is 45.4 Å². The topological polar surface area (TPSA) is 9.23 Å². The highest BCUT2D eigenvalue weighted by molar-refractivity contribution is 5.65. The van der Waals surface area contributed by atoms with Gasteiger partial charge in [0.2, 0.25) is 0 Å². The zero-order chi connectivity index (χ0) is 26.6. The van der Waals surface area contributed by atoms with Crippen LogP contribution in [0.15, 0.2) is 30.3 Å². The number of alkyl halides is 2. The second kappa shape index (κ2) is 12.1. The average molecular weight is 527 g/mol. The van der Waals surface area contributed by atoms with Gasteiger partial charge in [0, 0.05) is 11.6 Å². The maximum atomic E-state index is 14.6. The van der Waals surface area contributed by atoms with Crippen molar-refractivity contribution in [2.75, 3.05) is 0 Å². The number of halogens is 6. The van der Waals surface area contributed by atoms with Crippen LogP contribution < -0.4 is 4.74 Å². The molecule has 0 bridgehead atoms. The summed E-state index contributed by atoms with van der Waals surface area (Å²) in [6.07, 6.45) is 8.45. The lowest BCUT2D eigenvalue weighted by Crippen LogP contribution is -2.28. The molecular weight excluding hydrogens is 490 g/mol. The summed E-state index contributed by atoms with van der Waals surface area (Å²) in [4.78, 5) is 0. The van der Waals surface area contributed by atoms with Crippen molar-refractivity contribution >= 4 is 0 Å². The molecule has 1 nitrogen and oxygen atoms in total. The van der Waals surface area contributed by atoms with E-state index in [1.165, 1.54) is 38.5 Å². The van der Waals surface area contributed by atoms with Crippen molar-refractivity contribution < 1.29 is 31.1 Å². The molecule has 2 saturated carbocycles. The van der Waals surface area contributed by atoms with Gasteiger partial charge in [0.25, 0.3) is 0 Å². The van der Waals surface area contributed by atoms with Crippen LogP contribution in [-0.2, 0) is 0 Å². The molecule has 0 atom stereocenters. The van der Waals surface area contributed by atoms with Crippen LogP contribution in [-0.4, -0.2) is 6.11 Å². The molecule has 0 spiro atoms. The summed E-state index contributed by atoms with van der Waals surface area (Å²) in [5.41, 5.74) is -0.485. The molecule has 2 aromatic rings. The van der Waals surface area contributed by atoms with E-state index < -0.39 is 35.8 Å². The second-order valence-corrected chi connectivity index (χ2v) is 11.0. The molecular formula is C30H36F6O. The van der Waals surface area contributed by atoms with E-state index in [2.05, 4.69) is 6.92 Å². The summed E-state index contributed by atoms with van der Waals surface area (Å²) < 4.78 is 88.6. The lowest BCUT2D eigenvalue weighted by molar-refractivity contribution is -0.183. The van der Waals surface area contributed by atoms with Gasteiger partial charge < -0.3 is 4.74 Å². The zero-order valence-electron chi connectivity index (χ0n) is 21.4. The van der Waals surface area contributed by atoms with E-state index in [0.717, 1.165) is 61.6 Å². The molecule has 2 aromatic carbocycles. The fourth-order valence-corrected chi connectivity index (χ4v) is 6.40. The Labute approximate surface area is 215 Å². The van der Waals surface area contributed by atoms with Crippen molar-refractivity contribution in [1.29, 1.82) is 0 Å². The van der Waals surface area contributed by atoms with Crippen molar-refractivity contribution in [3.63, 3.8) is 0 Å². The summed E-state index contributed by atoms with van der Waals surface area (Å²) in [6, 6.07) is 4.26. The molecule has 2 aliphatic rings. The Morgan fingerprint density at radius 3 is 1.78 bits per heavy atom. The molecule has 0 heterocycles. The first-order valence-electron chi connectivity index (χ1n) is 13.7. The number of ether oxygens (including phenoxy) is 1. The van der Waals surface area contributed by atoms with Crippen LogP contribution in [0.4, 0.5) is 26.3 Å². The standard InChI is InChI=1S/C30H36F6O/c1-2-3-19-4-8-21(9-5-19)22-10-6-20(7-11-22)14-15-30(35,36)37-24-12-13-25(26(31)18-24)23-16-27(32)29(34)28(33)17-23/h12-13,16-22H,2-11,14-15H2,1H3. The number of rotatable bonds is 9. The highest BCUT2D eigenvalue weighted by Gasteiger charge is 2.35. The van der Waals surface area contributed by atoms with E-state index in [1.54, 1.807) is 0 Å². The SMILES string of the molecule is CCCC1CCC(C2CCC(CCC(F)(F)Oc3ccc(-c4cc(F)c(F)c(F)c4)c(F)c3)CC2)CC1. The van der Waals surface area contributed by atoms with E-state index in [1.807, 2.05) is 0 Å². The lowest BCUT2D eigenvalue weighted by atomic mass is 9.68. The lowest BCUT2D eigenvalue weighted by Gasteiger charge is -2.38. The molecule has 37 heavy (non-hydrogen) atoms. The fraction of sp³-hybridized carbons (Fsp3) is 0.600. The van der Waals surface area contributed by atoms with Gasteiger partial charge >= 0.3 is 6.11 Å². The third-order valence-electron chi connectivity index (χ3n) is 8.49. The summed E-state index contributed by atoms with van der Waals surface area (Å²) in [7, 11) is 0. The van der Waals surface area contributed by atoms with Crippen LogP contribution in [0, 0.1) is 46.9 Å². The van der Waals surface area contributed by atoms with Gasteiger partial charge in [-0.15, -0.1) is 0 Å². The molecule has 4 rings (SSSR count). The van der Waals surface area contributed by atoms with Crippen molar-refractivity contribution in [3.8, 4) is 16.9 Å². The molecule has 0 aliphatic heterocycles. The van der Waals surface area contributed by atoms with E-state index in [-0.39, 0.29) is 22.8 Å². The van der Waals surface area contributed by atoms with Crippen molar-refractivity contribution in [1.82, 2.24) is 0 Å². The maximum Gasteiger partial charge on any atom is 0.397 e. The molecule has 0 N–H and O–H groups in total. The Hall–Kier alpha value is -2.18. The molecule has 0 radical (unpaired) electrons. The van der Waals surface area contributed by atoms with Crippen LogP contribution >= 0.6 is 0 Å². The van der Waals surface area contributed by atoms with Crippen molar-refractivity contribution in [2.45, 2.75) is 90.1 Å². The molecule has 2 fully saturated rings. The van der Waals surface area contributed by atoms with Crippen molar-refractivity contribution in [2.24, 2.45) is 23.7 Å². The molecule has 0 aromatic heterocycles. The second-order valence-electron chi connectivity index (χ2n) is 11.0. The van der Waals surface area contributed by atoms with Gasteiger partial charge in [0.05, 0.1) is 6.42 Å². The summed E-state index contributed by atoms with van der Waals surface area (Å²) in [6.45, 7) is 2.25. The van der Waals surface area contributed by atoms with E-state index in [4.69, 9.17) is 4.74 Å². The molecule has 0 unspecified atom stereocenters. The Morgan fingerprint density at radius 1 is 0.730 bits per heavy atom. The highest BCUT2D eigenvalue weighted by atomic mass is 19.3.